The molecule has 3 aliphatic rings. The molecule has 2 saturated heterocycles. The fourth-order valence-electron chi connectivity index (χ4n) is 4.68. The van der Waals surface area contributed by atoms with Crippen LogP contribution in [0.4, 0.5) is 0 Å². The average Bonchev–Trinajstić information content (AvgIpc) is 3.51. The lowest BCUT2D eigenvalue weighted by atomic mass is 9.93. The third kappa shape index (κ3) is 4.19. The van der Waals surface area contributed by atoms with Gasteiger partial charge in [0.15, 0.2) is 0 Å². The van der Waals surface area contributed by atoms with Crippen LogP contribution in [0.25, 0.3) is 5.52 Å². The zero-order valence-corrected chi connectivity index (χ0v) is 17.9. The summed E-state index contributed by atoms with van der Waals surface area (Å²) in [5.74, 6) is 2.17. The predicted molar refractivity (Wildman–Crippen MR) is 116 cm³/mol. The van der Waals surface area contributed by atoms with Crippen molar-refractivity contribution in [3.8, 4) is 5.75 Å². The van der Waals surface area contributed by atoms with Gasteiger partial charge in [-0.15, -0.1) is 0 Å². The second-order valence-corrected chi connectivity index (χ2v) is 8.45. The lowest BCUT2D eigenvalue weighted by Gasteiger charge is -2.34. The van der Waals surface area contributed by atoms with Gasteiger partial charge in [0.05, 0.1) is 13.3 Å². The Morgan fingerprint density at radius 1 is 1.26 bits per heavy atom. The first-order chi connectivity index (χ1) is 15.2. The molecule has 2 aromatic heterocycles. The first kappa shape index (κ1) is 20.1. The van der Waals surface area contributed by atoms with E-state index in [9.17, 15) is 4.79 Å². The first-order valence-electron chi connectivity index (χ1n) is 11.2. The molecule has 1 aliphatic carbocycles. The number of hydrogen-bond donors (Lipinski definition) is 0. The molecule has 1 amide bonds. The van der Waals surface area contributed by atoms with Gasteiger partial charge in [0.2, 0.25) is 0 Å². The van der Waals surface area contributed by atoms with Gasteiger partial charge < -0.3 is 19.1 Å². The highest BCUT2D eigenvalue weighted by Crippen LogP contribution is 2.32. The summed E-state index contributed by atoms with van der Waals surface area (Å²) in [5, 5.41) is 4.36. The SMILES string of the molecule is COc1cc(C2C=CC(OC3CCN(C(=O)[C@H]4CCCO4)CC3)=CC2)cn2nccc12. The number of allylic oxidation sites excluding steroid dienone is 3. The predicted octanol–water partition coefficient (Wildman–Crippen LogP) is 3.46. The second-order valence-electron chi connectivity index (χ2n) is 8.45. The van der Waals surface area contributed by atoms with Crippen molar-refractivity contribution in [2.45, 2.75) is 50.2 Å². The Bertz CT molecular complexity index is 997. The number of amides is 1. The topological polar surface area (TPSA) is 65.3 Å². The molecule has 4 heterocycles. The van der Waals surface area contributed by atoms with Gasteiger partial charge in [-0.05, 0) is 49.1 Å². The highest BCUT2D eigenvalue weighted by Gasteiger charge is 2.31. The van der Waals surface area contributed by atoms with Crippen LogP contribution in [0.1, 0.15) is 43.6 Å². The van der Waals surface area contributed by atoms with Crippen molar-refractivity contribution in [3.63, 3.8) is 0 Å². The highest BCUT2D eigenvalue weighted by atomic mass is 16.5. The van der Waals surface area contributed by atoms with E-state index >= 15 is 0 Å². The maximum Gasteiger partial charge on any atom is 0.251 e. The van der Waals surface area contributed by atoms with Crippen LogP contribution in [-0.4, -0.2) is 59.4 Å². The van der Waals surface area contributed by atoms with E-state index in [1.165, 1.54) is 5.56 Å². The van der Waals surface area contributed by atoms with Crippen LogP contribution >= 0.6 is 0 Å². The maximum atomic E-state index is 12.5. The van der Waals surface area contributed by atoms with Crippen LogP contribution in [0, 0.1) is 0 Å². The number of hydrogen-bond acceptors (Lipinski definition) is 5. The number of methoxy groups -OCH3 is 1. The molecule has 164 valence electrons. The Morgan fingerprint density at radius 2 is 2.13 bits per heavy atom. The van der Waals surface area contributed by atoms with E-state index in [0.717, 1.165) is 62.2 Å². The number of aromatic nitrogens is 2. The summed E-state index contributed by atoms with van der Waals surface area (Å²) in [6.45, 7) is 2.19. The van der Waals surface area contributed by atoms with E-state index < -0.39 is 0 Å². The number of pyridine rings is 1. The standard InChI is InChI=1S/C24H29N3O4/c1-29-23-15-18(16-27-21(23)8-11-25-27)17-4-6-19(7-5-17)31-20-9-12-26(13-10-20)24(28)22-3-2-14-30-22/h4,6-8,11,15-17,20,22H,2-3,5,9-10,12-14H2,1H3/t17?,22-/m1/s1. The fraction of sp³-hybridized carbons (Fsp3) is 0.500. The smallest absolute Gasteiger partial charge is 0.251 e. The number of carbonyl (C=O) groups excluding carboxylic acids is 1. The number of likely N-dealkylation sites (tertiary alicyclic amines) is 1. The molecule has 2 aromatic rings. The molecular formula is C24H29N3O4. The van der Waals surface area contributed by atoms with Crippen molar-refractivity contribution in [2.75, 3.05) is 26.8 Å². The first-order valence-corrected chi connectivity index (χ1v) is 11.2. The molecule has 0 N–H and O–H groups in total. The Kier molecular flexibility index (Phi) is 5.68. The zero-order valence-electron chi connectivity index (χ0n) is 17.9. The number of fused-ring (bicyclic) bond motifs is 1. The minimum atomic E-state index is -0.224. The van der Waals surface area contributed by atoms with E-state index in [4.69, 9.17) is 14.2 Å². The molecule has 5 rings (SSSR count). The molecule has 2 atom stereocenters. The Hall–Kier alpha value is -2.80. The molecule has 2 fully saturated rings. The lowest BCUT2D eigenvalue weighted by Crippen LogP contribution is -2.45. The van der Waals surface area contributed by atoms with Gasteiger partial charge in [-0.3, -0.25) is 4.79 Å². The average molecular weight is 424 g/mol. The van der Waals surface area contributed by atoms with Crippen LogP contribution in [0.5, 0.6) is 5.75 Å². The number of carbonyl (C=O) groups is 1. The minimum Gasteiger partial charge on any atom is -0.494 e. The van der Waals surface area contributed by atoms with Crippen molar-refractivity contribution < 1.29 is 19.0 Å². The van der Waals surface area contributed by atoms with Crippen molar-refractivity contribution >= 4 is 11.4 Å². The molecule has 2 aliphatic heterocycles. The highest BCUT2D eigenvalue weighted by molar-refractivity contribution is 5.81. The van der Waals surface area contributed by atoms with Crippen LogP contribution in [-0.2, 0) is 14.3 Å². The van der Waals surface area contributed by atoms with Gasteiger partial charge in [0, 0.05) is 44.7 Å². The second kappa shape index (κ2) is 8.75. The normalized spacial score (nSPS) is 24.4. The summed E-state index contributed by atoms with van der Waals surface area (Å²) in [5.41, 5.74) is 2.13. The molecule has 1 unspecified atom stereocenters. The zero-order chi connectivity index (χ0) is 21.2. The monoisotopic (exact) mass is 423 g/mol. The van der Waals surface area contributed by atoms with E-state index in [1.807, 2.05) is 15.5 Å². The molecule has 31 heavy (non-hydrogen) atoms. The van der Waals surface area contributed by atoms with Gasteiger partial charge >= 0.3 is 0 Å². The summed E-state index contributed by atoms with van der Waals surface area (Å²) in [7, 11) is 1.69. The molecular weight excluding hydrogens is 394 g/mol. The molecule has 0 bridgehead atoms. The molecule has 0 spiro atoms. The lowest BCUT2D eigenvalue weighted by molar-refractivity contribution is -0.143. The number of rotatable bonds is 5. The summed E-state index contributed by atoms with van der Waals surface area (Å²) in [6.07, 6.45) is 14.6. The summed E-state index contributed by atoms with van der Waals surface area (Å²) in [4.78, 5) is 14.4. The van der Waals surface area contributed by atoms with Crippen molar-refractivity contribution in [1.29, 1.82) is 0 Å². The van der Waals surface area contributed by atoms with Crippen LogP contribution in [0.3, 0.4) is 0 Å². The third-order valence-corrected chi connectivity index (χ3v) is 6.47. The van der Waals surface area contributed by atoms with E-state index in [0.29, 0.717) is 6.61 Å². The van der Waals surface area contributed by atoms with Gasteiger partial charge in [-0.1, -0.05) is 6.08 Å². The molecule has 0 aromatic carbocycles. The summed E-state index contributed by atoms with van der Waals surface area (Å²) in [6, 6.07) is 4.04. The number of ether oxygens (including phenoxy) is 3. The van der Waals surface area contributed by atoms with Crippen molar-refractivity contribution in [2.24, 2.45) is 0 Å². The number of nitrogens with zero attached hydrogens (tertiary/aromatic N) is 3. The van der Waals surface area contributed by atoms with Gasteiger partial charge in [0.1, 0.15) is 29.2 Å². The van der Waals surface area contributed by atoms with E-state index in [-0.39, 0.29) is 24.0 Å². The Labute approximate surface area is 182 Å². The van der Waals surface area contributed by atoms with Crippen molar-refractivity contribution in [3.05, 3.63) is 54.1 Å². The summed E-state index contributed by atoms with van der Waals surface area (Å²) >= 11 is 0. The molecule has 7 nitrogen and oxygen atoms in total. The third-order valence-electron chi connectivity index (χ3n) is 6.47. The summed E-state index contributed by atoms with van der Waals surface area (Å²) < 4.78 is 19.2. The van der Waals surface area contributed by atoms with E-state index in [1.54, 1.807) is 13.3 Å². The number of piperidine rings is 1. The van der Waals surface area contributed by atoms with E-state index in [2.05, 4.69) is 35.6 Å². The minimum absolute atomic E-state index is 0.153. The Morgan fingerprint density at radius 3 is 2.84 bits per heavy atom. The molecule has 7 heteroatoms. The van der Waals surface area contributed by atoms with Gasteiger partial charge in [-0.2, -0.15) is 5.10 Å². The molecule has 0 saturated carbocycles. The Balaban J connectivity index is 1.15. The van der Waals surface area contributed by atoms with Crippen LogP contribution in [0.15, 0.2) is 48.5 Å². The van der Waals surface area contributed by atoms with Crippen molar-refractivity contribution in [1.82, 2.24) is 14.5 Å². The van der Waals surface area contributed by atoms with Crippen LogP contribution < -0.4 is 4.74 Å². The fourth-order valence-corrected chi connectivity index (χ4v) is 4.68. The quantitative estimate of drug-likeness (QED) is 0.737. The van der Waals surface area contributed by atoms with Gasteiger partial charge in [-0.25, -0.2) is 4.52 Å². The molecule has 0 radical (unpaired) electrons. The largest absolute Gasteiger partial charge is 0.494 e. The van der Waals surface area contributed by atoms with Crippen LogP contribution in [0.2, 0.25) is 0 Å². The maximum absolute atomic E-state index is 12.5. The van der Waals surface area contributed by atoms with Gasteiger partial charge in [0.25, 0.3) is 5.91 Å².